The zero-order valence-electron chi connectivity index (χ0n) is 22.1. The molecule has 0 unspecified atom stereocenters. The molecule has 1 saturated heterocycles. The van der Waals surface area contributed by atoms with Crippen LogP contribution in [0.15, 0.2) is 107 Å². The van der Waals surface area contributed by atoms with Crippen LogP contribution in [0.1, 0.15) is 33.6 Å². The van der Waals surface area contributed by atoms with E-state index in [1.807, 2.05) is 91.0 Å². The van der Waals surface area contributed by atoms with Crippen LogP contribution in [0.5, 0.6) is 0 Å². The number of aromatic nitrogens is 2. The maximum absolute atomic E-state index is 12.7. The van der Waals surface area contributed by atoms with E-state index in [1.54, 1.807) is 6.92 Å². The fourth-order valence-corrected chi connectivity index (χ4v) is 9.05. The van der Waals surface area contributed by atoms with Crippen molar-refractivity contribution >= 4 is 25.1 Å². The van der Waals surface area contributed by atoms with E-state index in [2.05, 4.69) is 4.98 Å². The fraction of sp³-hybridized carbons (Fsp3) is 0.267. The second-order valence-corrected chi connectivity index (χ2v) is 14.4. The number of hydrogen-bond donors (Lipinski definition) is 1. The number of ether oxygens (including phenoxy) is 1. The number of aryl methyl sites for hydroxylation is 1. The van der Waals surface area contributed by atoms with Crippen molar-refractivity contribution in [3.8, 4) is 0 Å². The van der Waals surface area contributed by atoms with Crippen LogP contribution in [-0.2, 0) is 24.6 Å². The Balaban J connectivity index is 1.56. The first-order chi connectivity index (χ1) is 19.2. The van der Waals surface area contributed by atoms with Gasteiger partial charge in [0.05, 0.1) is 0 Å². The number of H-pyrrole nitrogens is 1. The number of rotatable bonds is 9. The monoisotopic (exact) mass is 626 g/mol. The Kier molecular flexibility index (Phi) is 8.26. The topological polar surface area (TPSA) is 107 Å². The first-order valence-electron chi connectivity index (χ1n) is 12.8. The molecule has 10 heteroatoms. The zero-order chi connectivity index (χ0) is 28.3. The van der Waals surface area contributed by atoms with Gasteiger partial charge in [-0.15, -0.1) is 0 Å². The first kappa shape index (κ1) is 28.3. The second kappa shape index (κ2) is 11.7. The van der Waals surface area contributed by atoms with Crippen molar-refractivity contribution in [3.05, 3.63) is 140 Å². The molecule has 1 fully saturated rings. The molecule has 208 valence electrons. The molecule has 0 amide bonds. The van der Waals surface area contributed by atoms with Crippen LogP contribution < -0.4 is 11.2 Å². The summed E-state index contributed by atoms with van der Waals surface area (Å²) in [5.41, 5.74) is 1.28. The maximum atomic E-state index is 12.7. The summed E-state index contributed by atoms with van der Waals surface area (Å²) in [5.74, 6) is 0. The van der Waals surface area contributed by atoms with Crippen LogP contribution in [-0.4, -0.2) is 51.9 Å². The van der Waals surface area contributed by atoms with E-state index in [4.69, 9.17) is 8.92 Å². The van der Waals surface area contributed by atoms with Gasteiger partial charge >= 0.3 is 240 Å². The van der Waals surface area contributed by atoms with E-state index in [0.717, 1.165) is 22.9 Å². The van der Waals surface area contributed by atoms with Crippen molar-refractivity contribution in [3.63, 3.8) is 0 Å². The molecule has 0 bridgehead atoms. The van der Waals surface area contributed by atoms with E-state index in [9.17, 15) is 18.0 Å². The molecule has 4 aromatic rings. The van der Waals surface area contributed by atoms with Gasteiger partial charge in [0.25, 0.3) is 0 Å². The molecule has 0 saturated carbocycles. The Morgan fingerprint density at radius 1 is 0.900 bits per heavy atom. The van der Waals surface area contributed by atoms with Gasteiger partial charge in [0.2, 0.25) is 0 Å². The summed E-state index contributed by atoms with van der Waals surface area (Å²) < 4.78 is 38.5. The van der Waals surface area contributed by atoms with E-state index < -0.39 is 33.1 Å². The average molecular weight is 626 g/mol. The fourth-order valence-electron chi connectivity index (χ4n) is 5.12. The molecule has 1 aliphatic heterocycles. The van der Waals surface area contributed by atoms with Gasteiger partial charge in [0.1, 0.15) is 0 Å². The Bertz CT molecular complexity index is 1580. The summed E-state index contributed by atoms with van der Waals surface area (Å²) in [6, 6.07) is 29.8. The molecule has 1 N–H and O–H groups in total. The minimum atomic E-state index is -3.77. The Hall–Kier alpha value is -3.27. The summed E-state index contributed by atoms with van der Waals surface area (Å²) in [4.78, 5) is 26.4. The van der Waals surface area contributed by atoms with Crippen LogP contribution in [0, 0.1) is 6.92 Å². The summed E-state index contributed by atoms with van der Waals surface area (Å²) in [5, 5.41) is 0. The molecular formula is C30H30N2O6SSe. The third kappa shape index (κ3) is 5.92. The van der Waals surface area contributed by atoms with Crippen molar-refractivity contribution in [2.75, 3.05) is 12.9 Å². The molecule has 1 aliphatic rings. The van der Waals surface area contributed by atoms with E-state index in [0.29, 0.717) is 12.0 Å². The molecule has 40 heavy (non-hydrogen) atoms. The van der Waals surface area contributed by atoms with Crippen molar-refractivity contribution in [2.45, 2.75) is 34.8 Å². The third-order valence-corrected chi connectivity index (χ3v) is 10.7. The first-order valence-corrected chi connectivity index (χ1v) is 16.6. The SMILES string of the molecule is Cc1cn([C@H]2C[C@@H](OS(C)(=O)=O)[C@@H](COC(c3ccccc3)(c3ccccc3)c3ccccc3)[Se]2)c(=O)[nH]c1=O. The van der Waals surface area contributed by atoms with Gasteiger partial charge in [-0.05, 0) is 0 Å². The Labute approximate surface area is 239 Å². The van der Waals surface area contributed by atoms with Crippen molar-refractivity contribution < 1.29 is 17.3 Å². The van der Waals surface area contributed by atoms with Crippen LogP contribution >= 0.6 is 0 Å². The Morgan fingerprint density at radius 2 is 1.40 bits per heavy atom. The summed E-state index contributed by atoms with van der Waals surface area (Å²) in [7, 11) is -3.77. The zero-order valence-corrected chi connectivity index (χ0v) is 24.6. The Morgan fingerprint density at radius 3 is 1.88 bits per heavy atom. The van der Waals surface area contributed by atoms with Gasteiger partial charge in [-0.3, -0.25) is 0 Å². The molecular weight excluding hydrogens is 595 g/mol. The molecule has 0 radical (unpaired) electrons. The second-order valence-electron chi connectivity index (χ2n) is 9.77. The number of hydrogen-bond acceptors (Lipinski definition) is 6. The van der Waals surface area contributed by atoms with Gasteiger partial charge < -0.3 is 0 Å². The molecule has 8 nitrogen and oxygen atoms in total. The van der Waals surface area contributed by atoms with Crippen molar-refractivity contribution in [1.82, 2.24) is 9.55 Å². The van der Waals surface area contributed by atoms with Gasteiger partial charge in [0, 0.05) is 0 Å². The van der Waals surface area contributed by atoms with Gasteiger partial charge in [-0.2, -0.15) is 0 Å². The van der Waals surface area contributed by atoms with Crippen molar-refractivity contribution in [1.29, 1.82) is 0 Å². The van der Waals surface area contributed by atoms with Gasteiger partial charge in [-0.1, -0.05) is 0 Å². The van der Waals surface area contributed by atoms with Crippen LogP contribution in [0.4, 0.5) is 0 Å². The molecule has 5 rings (SSSR count). The number of benzene rings is 3. The number of aromatic amines is 1. The van der Waals surface area contributed by atoms with E-state index >= 15 is 0 Å². The van der Waals surface area contributed by atoms with Gasteiger partial charge in [0.15, 0.2) is 0 Å². The number of nitrogens with one attached hydrogen (secondary N) is 1. The molecule has 3 atom stereocenters. The molecule has 2 heterocycles. The molecule has 1 aromatic heterocycles. The predicted octanol–water partition coefficient (Wildman–Crippen LogP) is 3.59. The quantitative estimate of drug-likeness (QED) is 0.173. The standard InChI is InChI=1S/C30H30N2O6SSe/c1-21-19-32(29(34)31-28(21)33)27-18-25(38-39(2,35)36)26(40-27)20-37-30(22-12-6-3-7-13-22,23-14-8-4-9-15-23)24-16-10-5-11-17-24/h3-17,19,25-27H,18,20H2,1-2H3,(H,31,33,34)/t25-,26-,27-/m1/s1. The predicted molar refractivity (Wildman–Crippen MR) is 154 cm³/mol. The van der Waals surface area contributed by atoms with Crippen molar-refractivity contribution in [2.24, 2.45) is 0 Å². The van der Waals surface area contributed by atoms with Gasteiger partial charge in [-0.25, -0.2) is 0 Å². The molecule has 0 spiro atoms. The van der Waals surface area contributed by atoms with Crippen LogP contribution in [0.2, 0.25) is 4.82 Å². The minimum absolute atomic E-state index is 0.187. The molecule has 3 aromatic carbocycles. The summed E-state index contributed by atoms with van der Waals surface area (Å²) in [6.45, 7) is 1.82. The summed E-state index contributed by atoms with van der Waals surface area (Å²) >= 11 is -0.292. The normalized spacial score (nSPS) is 19.5. The average Bonchev–Trinajstić information content (AvgIpc) is 3.33. The number of nitrogens with zero attached hydrogens (tertiary/aromatic N) is 1. The van der Waals surface area contributed by atoms with E-state index in [1.165, 1.54) is 10.8 Å². The van der Waals surface area contributed by atoms with Crippen LogP contribution in [0.3, 0.4) is 0 Å². The van der Waals surface area contributed by atoms with E-state index in [-0.39, 0.29) is 31.3 Å². The van der Waals surface area contributed by atoms with Crippen LogP contribution in [0.25, 0.3) is 0 Å². The summed E-state index contributed by atoms with van der Waals surface area (Å²) in [6.07, 6.45) is 2.20. The third-order valence-electron chi connectivity index (χ3n) is 6.94. The molecule has 0 aliphatic carbocycles.